The number of carbonyl (C=O) groups is 1. The number of aromatic hydroxyl groups is 1. The molecule has 6 N–H and O–H groups in total. The summed E-state index contributed by atoms with van der Waals surface area (Å²) in [5.41, 5.74) is 2.76. The minimum atomic E-state index is -0.834. The molecule has 4 aliphatic rings. The molecule has 1 amide bonds. The summed E-state index contributed by atoms with van der Waals surface area (Å²) < 4.78 is 1.02. The Kier molecular flexibility index (Phi) is 10.6. The predicted octanol–water partition coefficient (Wildman–Crippen LogP) is 6.10. The number of amides is 1. The van der Waals surface area contributed by atoms with Gasteiger partial charge in [-0.1, -0.05) is 61.4 Å². The molecule has 9 nitrogen and oxygen atoms in total. The van der Waals surface area contributed by atoms with E-state index in [0.29, 0.717) is 41.3 Å². The smallest absolute Gasteiger partial charge is 0.248 e. The molecular formula is C42H53N4O5+. The fraction of sp³-hybridized carbons (Fsp3) is 0.476. The van der Waals surface area contributed by atoms with Gasteiger partial charge in [0.05, 0.1) is 49.8 Å². The molecule has 9 heteroatoms. The summed E-state index contributed by atoms with van der Waals surface area (Å²) in [5.74, 6) is 1.69. The lowest BCUT2D eigenvalue weighted by atomic mass is 9.70. The number of aromatic nitrogens is 1. The Morgan fingerprint density at radius 2 is 1.69 bits per heavy atom. The van der Waals surface area contributed by atoms with Gasteiger partial charge in [0.1, 0.15) is 5.75 Å². The van der Waals surface area contributed by atoms with Gasteiger partial charge in [-0.15, -0.1) is 0 Å². The number of hydrogen-bond donors (Lipinski definition) is 6. The second-order valence-electron chi connectivity index (χ2n) is 15.5. The summed E-state index contributed by atoms with van der Waals surface area (Å²) >= 11 is 0. The lowest BCUT2D eigenvalue weighted by Crippen LogP contribution is -2.62. The molecule has 1 aromatic heterocycles. The number of piperidine rings is 3. The van der Waals surface area contributed by atoms with Crippen molar-refractivity contribution in [3.63, 3.8) is 0 Å². The molecule has 51 heavy (non-hydrogen) atoms. The minimum Gasteiger partial charge on any atom is -0.506 e. The molecule has 2 bridgehead atoms. The first-order valence-electron chi connectivity index (χ1n) is 19.0. The van der Waals surface area contributed by atoms with Crippen molar-refractivity contribution < 1.29 is 24.6 Å². The van der Waals surface area contributed by atoms with Crippen LogP contribution in [0.2, 0.25) is 0 Å². The molecule has 270 valence electrons. The third-order valence-corrected chi connectivity index (χ3v) is 12.4. The summed E-state index contributed by atoms with van der Waals surface area (Å²) in [6, 6.07) is 24.3. The second-order valence-corrected chi connectivity index (χ2v) is 15.5. The lowest BCUT2D eigenvalue weighted by Gasteiger charge is -2.53. The molecular weight excluding hydrogens is 640 g/mol. The number of fused-ring (bicyclic) bond motifs is 4. The van der Waals surface area contributed by atoms with E-state index in [1.165, 1.54) is 37.8 Å². The number of hydrogen-bond acceptors (Lipinski definition) is 6. The number of nitrogens with one attached hydrogen (secondary N) is 3. The van der Waals surface area contributed by atoms with Gasteiger partial charge in [-0.05, 0) is 78.5 Å². The maximum Gasteiger partial charge on any atom is 0.248 e. The van der Waals surface area contributed by atoms with Crippen LogP contribution in [0.25, 0.3) is 10.9 Å². The zero-order valence-electron chi connectivity index (χ0n) is 29.5. The molecule has 4 fully saturated rings. The molecule has 0 radical (unpaired) electrons. The number of phenols is 1. The third kappa shape index (κ3) is 7.92. The van der Waals surface area contributed by atoms with Crippen molar-refractivity contribution in [3.05, 3.63) is 106 Å². The summed E-state index contributed by atoms with van der Waals surface area (Å²) in [6.07, 6.45) is 8.64. The Hall–Kier alpha value is -4.02. The molecule has 4 aromatic rings. The molecule has 1 aliphatic carbocycles. The van der Waals surface area contributed by atoms with Crippen LogP contribution in [-0.4, -0.2) is 63.4 Å². The second kappa shape index (κ2) is 15.3. The number of pyridine rings is 1. The normalized spacial score (nSPS) is 23.6. The number of aliphatic hydroxyl groups excluding tert-OH is 1. The Morgan fingerprint density at radius 1 is 0.941 bits per heavy atom. The zero-order valence-corrected chi connectivity index (χ0v) is 29.5. The first-order chi connectivity index (χ1) is 24.7. The lowest BCUT2D eigenvalue weighted by molar-refractivity contribution is -0.946. The van der Waals surface area contributed by atoms with Crippen LogP contribution in [0.3, 0.4) is 0 Å². The van der Waals surface area contributed by atoms with Gasteiger partial charge in [0.25, 0.3) is 0 Å². The average molecular weight is 694 g/mol. The van der Waals surface area contributed by atoms with Crippen molar-refractivity contribution in [2.45, 2.75) is 76.0 Å². The number of anilines is 1. The number of H-pyrrole nitrogens is 1. The van der Waals surface area contributed by atoms with E-state index in [0.717, 1.165) is 79.1 Å². The van der Waals surface area contributed by atoms with Gasteiger partial charge in [0.15, 0.2) is 0 Å². The highest BCUT2D eigenvalue weighted by Crippen LogP contribution is 2.47. The molecule has 3 aromatic carbocycles. The SMILES string of the molecule is O=C(CC[N+]12CCC(CC1)[C@@H](CCC(O)(c1ccccc1)C1CCCC1)C2)Nc1ccc(CNC[C@H](O)c2ccc(O)c3[nH]c(=O)ccc23)cc1. The van der Waals surface area contributed by atoms with Crippen molar-refractivity contribution in [1.82, 2.24) is 10.3 Å². The van der Waals surface area contributed by atoms with E-state index in [1.54, 1.807) is 12.1 Å². The van der Waals surface area contributed by atoms with E-state index in [9.17, 15) is 24.9 Å². The molecule has 3 saturated heterocycles. The summed E-state index contributed by atoms with van der Waals surface area (Å²) in [6.45, 7) is 5.10. The average Bonchev–Trinajstić information content (AvgIpc) is 3.71. The molecule has 3 aliphatic heterocycles. The van der Waals surface area contributed by atoms with Crippen LogP contribution in [0, 0.1) is 17.8 Å². The van der Waals surface area contributed by atoms with E-state index in [2.05, 4.69) is 39.9 Å². The van der Waals surface area contributed by atoms with Crippen molar-refractivity contribution in [2.75, 3.05) is 38.0 Å². The zero-order chi connectivity index (χ0) is 35.4. The van der Waals surface area contributed by atoms with Crippen LogP contribution in [0.15, 0.2) is 83.7 Å². The molecule has 1 unspecified atom stereocenters. The van der Waals surface area contributed by atoms with Crippen LogP contribution in [0.5, 0.6) is 5.75 Å². The number of rotatable bonds is 14. The standard InChI is InChI=1S/C42H52N4O5/c47-37-16-14-35(36-15-17-39(49)45-41(36)37)38(48)27-43-26-29-10-12-34(13-11-29)44-40(50)21-25-46-23-19-30(20-24-46)31(28-46)18-22-42(51,33-8-4-5-9-33)32-6-2-1-3-7-32/h1-3,6-7,10-17,30-31,33,38,43,48,51H,4-5,8-9,18-28H2,(H2-,44,45,47,49,50)/p+1/t30?,31-,38-,42?,46?/m0/s1. The van der Waals surface area contributed by atoms with E-state index in [4.69, 9.17) is 0 Å². The molecule has 3 atom stereocenters. The van der Waals surface area contributed by atoms with Gasteiger partial charge in [-0.25, -0.2) is 0 Å². The Bertz CT molecular complexity index is 1850. The largest absolute Gasteiger partial charge is 0.506 e. The highest BCUT2D eigenvalue weighted by Gasteiger charge is 2.47. The van der Waals surface area contributed by atoms with Crippen LogP contribution in [0.4, 0.5) is 5.69 Å². The minimum absolute atomic E-state index is 0.0361. The van der Waals surface area contributed by atoms with Crippen LogP contribution < -0.4 is 16.2 Å². The van der Waals surface area contributed by atoms with Gasteiger partial charge < -0.3 is 35.4 Å². The first kappa shape index (κ1) is 35.4. The summed E-state index contributed by atoms with van der Waals surface area (Å²) in [4.78, 5) is 27.5. The number of phenolic OH excluding ortho intramolecular Hbond substituents is 1. The van der Waals surface area contributed by atoms with Gasteiger partial charge in [0, 0.05) is 49.0 Å². The third-order valence-electron chi connectivity index (χ3n) is 12.4. The molecule has 4 heterocycles. The van der Waals surface area contributed by atoms with Crippen LogP contribution in [-0.2, 0) is 16.9 Å². The van der Waals surface area contributed by atoms with Gasteiger partial charge >= 0.3 is 0 Å². The highest BCUT2D eigenvalue weighted by molar-refractivity contribution is 5.90. The fourth-order valence-corrected chi connectivity index (χ4v) is 9.48. The number of benzene rings is 3. The van der Waals surface area contributed by atoms with E-state index >= 15 is 0 Å². The van der Waals surface area contributed by atoms with Crippen molar-refractivity contribution >= 4 is 22.5 Å². The Labute approximate surface area is 300 Å². The Morgan fingerprint density at radius 3 is 2.43 bits per heavy atom. The van der Waals surface area contributed by atoms with Crippen molar-refractivity contribution in [1.29, 1.82) is 0 Å². The van der Waals surface area contributed by atoms with Crippen molar-refractivity contribution in [2.24, 2.45) is 17.8 Å². The van der Waals surface area contributed by atoms with E-state index in [1.807, 2.05) is 30.3 Å². The van der Waals surface area contributed by atoms with Gasteiger partial charge in [0.2, 0.25) is 11.5 Å². The number of carbonyl (C=O) groups excluding carboxylic acids is 1. The molecule has 1 saturated carbocycles. The number of nitrogens with zero attached hydrogens (tertiary/aromatic N) is 1. The summed E-state index contributed by atoms with van der Waals surface area (Å²) in [5, 5.41) is 40.1. The number of aliphatic hydroxyl groups is 2. The van der Waals surface area contributed by atoms with Crippen LogP contribution in [0.1, 0.15) is 80.6 Å². The monoisotopic (exact) mass is 693 g/mol. The first-order valence-corrected chi connectivity index (χ1v) is 19.0. The molecule has 0 spiro atoms. The Balaban J connectivity index is 0.880. The van der Waals surface area contributed by atoms with Gasteiger partial charge in [-0.3, -0.25) is 9.59 Å². The maximum atomic E-state index is 13.1. The summed E-state index contributed by atoms with van der Waals surface area (Å²) in [7, 11) is 0. The topological polar surface area (TPSA) is 135 Å². The highest BCUT2D eigenvalue weighted by atomic mass is 16.3. The van der Waals surface area contributed by atoms with Gasteiger partial charge in [-0.2, -0.15) is 0 Å². The van der Waals surface area contributed by atoms with E-state index in [-0.39, 0.29) is 23.8 Å². The number of quaternary nitrogens is 1. The van der Waals surface area contributed by atoms with Crippen LogP contribution >= 0.6 is 0 Å². The number of aromatic amines is 1. The predicted molar refractivity (Wildman–Crippen MR) is 200 cm³/mol. The quantitative estimate of drug-likeness (QED) is 0.0885. The van der Waals surface area contributed by atoms with E-state index < -0.39 is 11.7 Å². The van der Waals surface area contributed by atoms with Crippen molar-refractivity contribution in [3.8, 4) is 5.75 Å². The maximum absolute atomic E-state index is 13.1. The molecule has 8 rings (SSSR count). The fourth-order valence-electron chi connectivity index (χ4n) is 9.48.